The number of nitrogens with one attached hydrogen (secondary N) is 1. The van der Waals surface area contributed by atoms with Crippen molar-refractivity contribution in [1.29, 1.82) is 0 Å². The molecule has 0 bridgehead atoms. The predicted molar refractivity (Wildman–Crippen MR) is 110 cm³/mol. The highest BCUT2D eigenvalue weighted by atomic mass is 79.9. The summed E-state index contributed by atoms with van der Waals surface area (Å²) >= 11 is 17.0. The van der Waals surface area contributed by atoms with Gasteiger partial charge in [-0.15, -0.1) is 0 Å². The van der Waals surface area contributed by atoms with E-state index in [-0.39, 0.29) is 5.15 Å². The molecule has 1 amide bonds. The van der Waals surface area contributed by atoms with E-state index in [4.69, 9.17) is 27.9 Å². The molecule has 26 heavy (non-hydrogen) atoms. The number of rotatable bonds is 4. The molecule has 3 rings (SSSR count). The Balaban J connectivity index is 1.79. The summed E-state index contributed by atoms with van der Waals surface area (Å²) in [6.07, 6.45) is -1.07. The van der Waals surface area contributed by atoms with Crippen molar-refractivity contribution < 1.29 is 9.53 Å². The highest BCUT2D eigenvalue weighted by molar-refractivity contribution is 9.10. The molecule has 0 saturated carbocycles. The zero-order chi connectivity index (χ0) is 18.7. The summed E-state index contributed by atoms with van der Waals surface area (Å²) in [4.78, 5) is 13.0. The van der Waals surface area contributed by atoms with Gasteiger partial charge in [-0.25, -0.2) is 4.79 Å². The molecule has 0 saturated heterocycles. The maximum atomic E-state index is 12.4. The van der Waals surface area contributed by atoms with Crippen molar-refractivity contribution in [2.75, 3.05) is 5.32 Å². The smallest absolute Gasteiger partial charge is 0.412 e. The number of amides is 1. The van der Waals surface area contributed by atoms with Gasteiger partial charge in [-0.2, -0.15) is 4.37 Å². The first-order chi connectivity index (χ1) is 12.5. The number of hydrogen-bond acceptors (Lipinski definition) is 4. The van der Waals surface area contributed by atoms with Gasteiger partial charge in [-0.1, -0.05) is 75.5 Å². The summed E-state index contributed by atoms with van der Waals surface area (Å²) in [6.45, 7) is 1.79. The van der Waals surface area contributed by atoms with Crippen molar-refractivity contribution in [3.63, 3.8) is 0 Å². The van der Waals surface area contributed by atoms with Gasteiger partial charge in [0.15, 0.2) is 5.15 Å². The van der Waals surface area contributed by atoms with E-state index in [9.17, 15) is 4.79 Å². The molecule has 0 aliphatic rings. The molecule has 0 radical (unpaired) electrons. The van der Waals surface area contributed by atoms with E-state index in [0.717, 1.165) is 27.1 Å². The first-order valence-electron chi connectivity index (χ1n) is 7.59. The highest BCUT2D eigenvalue weighted by Crippen LogP contribution is 2.40. The fourth-order valence-corrected chi connectivity index (χ4v) is 4.34. The Labute approximate surface area is 173 Å². The molecule has 0 spiro atoms. The minimum atomic E-state index is -0.622. The van der Waals surface area contributed by atoms with Crippen molar-refractivity contribution in [3.8, 4) is 10.4 Å². The maximum Gasteiger partial charge on any atom is 0.412 e. The molecular formula is C18H13BrCl2N2O2S. The molecule has 0 unspecified atom stereocenters. The minimum Gasteiger partial charge on any atom is -0.441 e. The van der Waals surface area contributed by atoms with Crippen molar-refractivity contribution in [3.05, 3.63) is 68.7 Å². The van der Waals surface area contributed by atoms with Crippen LogP contribution in [-0.4, -0.2) is 10.5 Å². The Morgan fingerprint density at radius 1 is 1.19 bits per heavy atom. The van der Waals surface area contributed by atoms with Gasteiger partial charge in [0.25, 0.3) is 0 Å². The maximum absolute atomic E-state index is 12.4. The lowest BCUT2D eigenvalue weighted by Gasteiger charge is -2.16. The fraction of sp³-hybridized carbons (Fsp3) is 0.111. The van der Waals surface area contributed by atoms with Crippen LogP contribution in [0, 0.1) is 0 Å². The lowest BCUT2D eigenvalue weighted by Crippen LogP contribution is -2.16. The number of ether oxygens (including phenoxy) is 1. The molecule has 0 fully saturated rings. The van der Waals surface area contributed by atoms with Gasteiger partial charge >= 0.3 is 6.09 Å². The van der Waals surface area contributed by atoms with Gasteiger partial charge in [0, 0.05) is 20.6 Å². The molecule has 1 atom stereocenters. The minimum absolute atomic E-state index is 0.190. The van der Waals surface area contributed by atoms with Gasteiger partial charge in [-0.3, -0.25) is 5.32 Å². The third-order valence-electron chi connectivity index (χ3n) is 3.62. The molecule has 2 aromatic carbocycles. The summed E-state index contributed by atoms with van der Waals surface area (Å²) in [5.74, 6) is 0. The zero-order valence-electron chi connectivity index (χ0n) is 13.5. The van der Waals surface area contributed by atoms with E-state index in [1.807, 2.05) is 42.5 Å². The molecule has 3 aromatic rings. The van der Waals surface area contributed by atoms with E-state index in [0.29, 0.717) is 15.6 Å². The van der Waals surface area contributed by atoms with Crippen LogP contribution in [-0.2, 0) is 4.74 Å². The Morgan fingerprint density at radius 3 is 2.62 bits per heavy atom. The molecular weight excluding hydrogens is 459 g/mol. The van der Waals surface area contributed by atoms with Gasteiger partial charge in [0.1, 0.15) is 11.8 Å². The van der Waals surface area contributed by atoms with E-state index in [1.54, 1.807) is 13.0 Å². The van der Waals surface area contributed by atoms with Crippen LogP contribution in [0.1, 0.15) is 18.6 Å². The van der Waals surface area contributed by atoms with Gasteiger partial charge in [-0.05, 0) is 30.6 Å². The van der Waals surface area contributed by atoms with Crippen LogP contribution >= 0.6 is 50.7 Å². The summed E-state index contributed by atoms with van der Waals surface area (Å²) < 4.78 is 10.4. The summed E-state index contributed by atoms with van der Waals surface area (Å²) in [7, 11) is 0. The van der Waals surface area contributed by atoms with Crippen LogP contribution in [0.3, 0.4) is 0 Å². The second-order valence-electron chi connectivity index (χ2n) is 5.35. The van der Waals surface area contributed by atoms with Gasteiger partial charge < -0.3 is 4.74 Å². The van der Waals surface area contributed by atoms with Crippen molar-refractivity contribution in [1.82, 2.24) is 4.37 Å². The number of carbonyl (C=O) groups is 1. The number of nitrogens with zero attached hydrogens (tertiary/aromatic N) is 1. The molecule has 0 aliphatic carbocycles. The Kier molecular flexibility index (Phi) is 6.19. The normalized spacial score (nSPS) is 11.8. The Morgan fingerprint density at radius 2 is 1.88 bits per heavy atom. The third kappa shape index (κ3) is 4.20. The number of hydrogen-bond donors (Lipinski definition) is 1. The number of benzene rings is 2. The first kappa shape index (κ1) is 19.2. The SMILES string of the molecule is C[C@@H](OC(=O)Nc1c(Cl)nsc1-c1ccccc1Cl)c1ccccc1Br. The fourth-order valence-electron chi connectivity index (χ4n) is 2.37. The van der Waals surface area contributed by atoms with E-state index < -0.39 is 12.2 Å². The largest absolute Gasteiger partial charge is 0.441 e. The Hall–Kier alpha value is -1.60. The van der Waals surface area contributed by atoms with E-state index in [2.05, 4.69) is 25.6 Å². The summed E-state index contributed by atoms with van der Waals surface area (Å²) in [5, 5.41) is 3.42. The highest BCUT2D eigenvalue weighted by Gasteiger charge is 2.20. The molecule has 4 nitrogen and oxygen atoms in total. The van der Waals surface area contributed by atoms with Crippen LogP contribution in [0.5, 0.6) is 0 Å². The van der Waals surface area contributed by atoms with Crippen LogP contribution < -0.4 is 5.32 Å². The number of carbonyl (C=O) groups excluding carboxylic acids is 1. The molecule has 1 N–H and O–H groups in total. The number of aromatic nitrogens is 1. The quantitative estimate of drug-likeness (QED) is 0.438. The second-order valence-corrected chi connectivity index (χ2v) is 7.74. The monoisotopic (exact) mass is 470 g/mol. The molecule has 0 aliphatic heterocycles. The molecule has 1 heterocycles. The first-order valence-corrected chi connectivity index (χ1v) is 9.91. The van der Waals surface area contributed by atoms with Gasteiger partial charge in [0.2, 0.25) is 0 Å². The van der Waals surface area contributed by atoms with E-state index in [1.165, 1.54) is 0 Å². The van der Waals surface area contributed by atoms with Crippen LogP contribution in [0.25, 0.3) is 10.4 Å². The van der Waals surface area contributed by atoms with Crippen molar-refractivity contribution in [2.45, 2.75) is 13.0 Å². The third-order valence-corrected chi connectivity index (χ3v) is 5.93. The van der Waals surface area contributed by atoms with Gasteiger partial charge in [0.05, 0.1) is 4.88 Å². The molecule has 1 aromatic heterocycles. The molecule has 8 heteroatoms. The average Bonchev–Trinajstić information content (AvgIpc) is 2.96. The standard InChI is InChI=1S/C18H13BrCl2N2O2S/c1-10(11-6-2-4-8-13(11)19)25-18(24)22-15-16(26-23-17(15)21)12-7-3-5-9-14(12)20/h2-10H,1H3,(H,22,24)/t10-/m1/s1. The lowest BCUT2D eigenvalue weighted by atomic mass is 10.1. The number of halogens is 3. The number of anilines is 1. The second kappa shape index (κ2) is 8.39. The van der Waals surface area contributed by atoms with E-state index >= 15 is 0 Å². The van der Waals surface area contributed by atoms with Crippen LogP contribution in [0.2, 0.25) is 10.2 Å². The predicted octanol–water partition coefficient (Wildman–Crippen LogP) is 7.19. The Bertz CT molecular complexity index is 948. The molecule has 134 valence electrons. The van der Waals surface area contributed by atoms with Crippen LogP contribution in [0.4, 0.5) is 10.5 Å². The summed E-state index contributed by atoms with van der Waals surface area (Å²) in [5.41, 5.74) is 1.99. The topological polar surface area (TPSA) is 51.2 Å². The van der Waals surface area contributed by atoms with Crippen LogP contribution in [0.15, 0.2) is 53.0 Å². The summed E-state index contributed by atoms with van der Waals surface area (Å²) in [6, 6.07) is 14.8. The van der Waals surface area contributed by atoms with Crippen molar-refractivity contribution in [2.24, 2.45) is 0 Å². The van der Waals surface area contributed by atoms with Crippen molar-refractivity contribution >= 4 is 62.4 Å². The average molecular weight is 472 g/mol. The zero-order valence-corrected chi connectivity index (χ0v) is 17.4. The lowest BCUT2D eigenvalue weighted by molar-refractivity contribution is 0.121.